The van der Waals surface area contributed by atoms with E-state index >= 15 is 0 Å². The molecule has 0 bridgehead atoms. The van der Waals surface area contributed by atoms with Crippen molar-refractivity contribution < 1.29 is 19.1 Å². The van der Waals surface area contributed by atoms with Crippen LogP contribution in [0.15, 0.2) is 10.2 Å². The summed E-state index contributed by atoms with van der Waals surface area (Å²) in [6, 6.07) is 0. The maximum absolute atomic E-state index is 11.0. The summed E-state index contributed by atoms with van der Waals surface area (Å²) in [6.45, 7) is 4.32. The molecular weight excluding hydrogens is 236 g/mol. The quantitative estimate of drug-likeness (QED) is 0.485. The van der Waals surface area contributed by atoms with Crippen molar-refractivity contribution in [2.75, 3.05) is 13.2 Å². The van der Waals surface area contributed by atoms with Crippen molar-refractivity contribution in [2.24, 2.45) is 10.2 Å². The Hall–Kier alpha value is -1.46. The summed E-state index contributed by atoms with van der Waals surface area (Å²) in [5, 5.41) is 6.12. The van der Waals surface area contributed by atoms with Crippen molar-refractivity contribution in [3.63, 3.8) is 0 Å². The molecule has 18 heavy (non-hydrogen) atoms. The van der Waals surface area contributed by atoms with Crippen LogP contribution in [0.25, 0.3) is 0 Å². The number of ether oxygens (including phenoxy) is 2. The van der Waals surface area contributed by atoms with Gasteiger partial charge in [0.25, 0.3) is 0 Å². The van der Waals surface area contributed by atoms with E-state index in [1.807, 2.05) is 0 Å². The minimum Gasteiger partial charge on any atom is -0.447 e. The second-order valence-electron chi connectivity index (χ2n) is 3.78. The molecule has 104 valence electrons. The summed E-state index contributed by atoms with van der Waals surface area (Å²) in [6.07, 6.45) is 4.93. The van der Waals surface area contributed by atoms with Crippen LogP contribution >= 0.6 is 0 Å². The van der Waals surface area contributed by atoms with Gasteiger partial charge in [-0.2, -0.15) is 0 Å². The van der Waals surface area contributed by atoms with Gasteiger partial charge in [-0.15, -0.1) is 0 Å². The second-order valence-corrected chi connectivity index (χ2v) is 3.78. The molecular formula is C12H22N2O4. The fourth-order valence-electron chi connectivity index (χ4n) is 1.30. The van der Waals surface area contributed by atoms with Gasteiger partial charge in [-0.05, 0) is 13.3 Å². The number of azo groups is 1. The van der Waals surface area contributed by atoms with Gasteiger partial charge in [0.1, 0.15) is 0 Å². The molecule has 0 atom stereocenters. The molecule has 0 heterocycles. The average molecular weight is 258 g/mol. The van der Waals surface area contributed by atoms with Gasteiger partial charge in [0.05, 0.1) is 13.2 Å². The lowest BCUT2D eigenvalue weighted by Gasteiger charge is -2.01. The summed E-state index contributed by atoms with van der Waals surface area (Å²) < 4.78 is 9.24. The highest BCUT2D eigenvalue weighted by Gasteiger charge is 2.02. The summed E-state index contributed by atoms with van der Waals surface area (Å²) in [5.74, 6) is 0. The maximum atomic E-state index is 11.0. The van der Waals surface area contributed by atoms with Crippen molar-refractivity contribution in [1.29, 1.82) is 0 Å². The van der Waals surface area contributed by atoms with Crippen molar-refractivity contribution in [3.8, 4) is 0 Å². The van der Waals surface area contributed by atoms with Crippen molar-refractivity contribution in [2.45, 2.75) is 52.4 Å². The highest BCUT2D eigenvalue weighted by molar-refractivity contribution is 5.73. The van der Waals surface area contributed by atoms with E-state index in [1.54, 1.807) is 6.92 Å². The Morgan fingerprint density at radius 3 is 2.00 bits per heavy atom. The number of amides is 2. The molecule has 0 rings (SSSR count). The highest BCUT2D eigenvalue weighted by atomic mass is 16.6. The lowest BCUT2D eigenvalue weighted by molar-refractivity contribution is 0.147. The zero-order valence-corrected chi connectivity index (χ0v) is 11.2. The van der Waals surface area contributed by atoms with E-state index in [-0.39, 0.29) is 6.61 Å². The van der Waals surface area contributed by atoms with Crippen LogP contribution in [0, 0.1) is 0 Å². The molecule has 0 aliphatic heterocycles. The van der Waals surface area contributed by atoms with Crippen LogP contribution in [-0.4, -0.2) is 25.4 Å². The predicted molar refractivity (Wildman–Crippen MR) is 66.6 cm³/mol. The monoisotopic (exact) mass is 258 g/mol. The van der Waals surface area contributed by atoms with Crippen LogP contribution in [0.4, 0.5) is 9.59 Å². The Kier molecular flexibility index (Phi) is 11.0. The van der Waals surface area contributed by atoms with Gasteiger partial charge in [-0.25, -0.2) is 9.59 Å². The molecule has 0 aromatic rings. The lowest BCUT2D eigenvalue weighted by Crippen LogP contribution is -2.02. The second kappa shape index (κ2) is 12.0. The lowest BCUT2D eigenvalue weighted by atomic mass is 10.1. The smallest absolute Gasteiger partial charge is 0.447 e. The van der Waals surface area contributed by atoms with Gasteiger partial charge in [0.2, 0.25) is 0 Å². The first-order chi connectivity index (χ1) is 8.70. The third kappa shape index (κ3) is 11.0. The van der Waals surface area contributed by atoms with E-state index in [1.165, 1.54) is 19.3 Å². The van der Waals surface area contributed by atoms with Gasteiger partial charge in [0, 0.05) is 0 Å². The zero-order chi connectivity index (χ0) is 13.6. The first-order valence-electron chi connectivity index (χ1n) is 6.46. The van der Waals surface area contributed by atoms with Crippen LogP contribution < -0.4 is 0 Å². The molecule has 0 radical (unpaired) electrons. The molecule has 0 aliphatic carbocycles. The van der Waals surface area contributed by atoms with Crippen molar-refractivity contribution in [1.82, 2.24) is 0 Å². The van der Waals surface area contributed by atoms with E-state index in [9.17, 15) is 9.59 Å². The van der Waals surface area contributed by atoms with Crippen molar-refractivity contribution in [3.05, 3.63) is 0 Å². The van der Waals surface area contributed by atoms with Crippen LogP contribution in [0.2, 0.25) is 0 Å². The Morgan fingerprint density at radius 2 is 1.39 bits per heavy atom. The minimum absolute atomic E-state index is 0.199. The van der Waals surface area contributed by atoms with E-state index in [2.05, 4.69) is 21.9 Å². The van der Waals surface area contributed by atoms with Crippen LogP contribution in [0.1, 0.15) is 52.4 Å². The molecule has 0 aromatic heterocycles. The normalized spacial score (nSPS) is 10.6. The molecule has 0 spiro atoms. The van der Waals surface area contributed by atoms with Crippen LogP contribution in [0.3, 0.4) is 0 Å². The number of nitrogens with zero attached hydrogens (tertiary/aromatic N) is 2. The number of hydrogen-bond donors (Lipinski definition) is 0. The number of rotatable bonds is 8. The third-order valence-corrected chi connectivity index (χ3v) is 2.20. The first-order valence-corrected chi connectivity index (χ1v) is 6.46. The molecule has 0 saturated carbocycles. The number of carbonyl (C=O) groups excluding carboxylic acids is 2. The van der Waals surface area contributed by atoms with Crippen molar-refractivity contribution >= 4 is 12.2 Å². The van der Waals surface area contributed by atoms with Crippen LogP contribution in [0.5, 0.6) is 0 Å². The fraction of sp³-hybridized carbons (Fsp3) is 0.833. The standard InChI is InChI=1S/C12H22N2O4/c1-3-5-6-7-8-9-10-18-12(16)14-13-11(15)17-4-2/h3-10H2,1-2H3. The molecule has 2 amide bonds. The average Bonchev–Trinajstić information content (AvgIpc) is 2.35. The van der Waals surface area contributed by atoms with E-state index < -0.39 is 12.2 Å². The SMILES string of the molecule is CCCCCCCCOC(=O)N=NC(=O)OCC. The summed E-state index contributed by atoms with van der Waals surface area (Å²) in [4.78, 5) is 21.7. The van der Waals surface area contributed by atoms with Crippen LogP contribution in [-0.2, 0) is 9.47 Å². The number of unbranched alkanes of at least 4 members (excludes halogenated alkanes) is 5. The van der Waals surface area contributed by atoms with E-state index in [0.29, 0.717) is 6.61 Å². The first kappa shape index (κ1) is 16.5. The predicted octanol–water partition coefficient (Wildman–Crippen LogP) is 4.09. The topological polar surface area (TPSA) is 77.3 Å². The van der Waals surface area contributed by atoms with Gasteiger partial charge >= 0.3 is 12.2 Å². The van der Waals surface area contributed by atoms with Gasteiger partial charge in [-0.3, -0.25) is 0 Å². The molecule has 6 heteroatoms. The van der Waals surface area contributed by atoms with E-state index in [4.69, 9.17) is 4.74 Å². The molecule has 0 aliphatic rings. The largest absolute Gasteiger partial charge is 0.452 e. The summed E-state index contributed by atoms with van der Waals surface area (Å²) in [7, 11) is 0. The van der Waals surface area contributed by atoms with Gasteiger partial charge in [0.15, 0.2) is 0 Å². The highest BCUT2D eigenvalue weighted by Crippen LogP contribution is 2.05. The summed E-state index contributed by atoms with van der Waals surface area (Å²) in [5.41, 5.74) is 0. The molecule has 0 aromatic carbocycles. The molecule has 0 unspecified atom stereocenters. The number of carbonyl (C=O) groups is 2. The van der Waals surface area contributed by atoms with Gasteiger partial charge in [-0.1, -0.05) is 49.3 Å². The minimum atomic E-state index is -0.881. The number of hydrogen-bond acceptors (Lipinski definition) is 4. The third-order valence-electron chi connectivity index (χ3n) is 2.20. The fourth-order valence-corrected chi connectivity index (χ4v) is 1.30. The Balaban J connectivity index is 3.45. The zero-order valence-electron chi connectivity index (χ0n) is 11.2. The summed E-state index contributed by atoms with van der Waals surface area (Å²) >= 11 is 0. The molecule has 6 nitrogen and oxygen atoms in total. The Bertz CT molecular complexity index is 267. The molecule has 0 fully saturated rings. The van der Waals surface area contributed by atoms with Gasteiger partial charge < -0.3 is 9.47 Å². The Labute approximate surface area is 108 Å². The molecule has 0 N–H and O–H groups in total. The Morgan fingerprint density at radius 1 is 0.833 bits per heavy atom. The van der Waals surface area contributed by atoms with E-state index in [0.717, 1.165) is 19.3 Å². The maximum Gasteiger partial charge on any atom is 0.452 e. The molecule has 0 saturated heterocycles.